The second-order valence-electron chi connectivity index (χ2n) is 5.36. The van der Waals surface area contributed by atoms with E-state index in [1.807, 2.05) is 10.7 Å². The monoisotopic (exact) mass is 355 g/mol. The summed E-state index contributed by atoms with van der Waals surface area (Å²) in [6.45, 7) is 0. The Morgan fingerprint density at radius 3 is 2.55 bits per heavy atom. The lowest BCUT2D eigenvalue weighted by Crippen LogP contribution is -2.28. The molecule has 1 N–H and O–H groups in total. The van der Waals surface area contributed by atoms with Crippen molar-refractivity contribution in [3.8, 4) is 0 Å². The lowest BCUT2D eigenvalue weighted by atomic mass is 9.93. The Labute approximate surface area is 136 Å². The Morgan fingerprint density at radius 2 is 1.77 bits per heavy atom. The highest BCUT2D eigenvalue weighted by Gasteiger charge is 2.30. The molecule has 5 nitrogen and oxygen atoms in total. The molecule has 110 valence electrons. The van der Waals surface area contributed by atoms with E-state index in [1.165, 1.54) is 11.1 Å². The van der Waals surface area contributed by atoms with Gasteiger partial charge in [-0.25, -0.2) is 4.68 Å². The number of tetrazole rings is 1. The van der Waals surface area contributed by atoms with Crippen molar-refractivity contribution in [2.24, 2.45) is 0 Å². The molecule has 0 aliphatic carbocycles. The highest BCUT2D eigenvalue weighted by molar-refractivity contribution is 9.10. The normalized spacial score (nSPS) is 20.2. The largest absolute Gasteiger partial charge is 0.346 e. The molecule has 2 heterocycles. The third-order valence-electron chi connectivity index (χ3n) is 4.01. The van der Waals surface area contributed by atoms with Crippen molar-refractivity contribution in [1.82, 2.24) is 20.2 Å². The highest BCUT2D eigenvalue weighted by Crippen LogP contribution is 2.37. The number of benzene rings is 2. The van der Waals surface area contributed by atoms with Crippen LogP contribution in [0.5, 0.6) is 0 Å². The average Bonchev–Trinajstić information content (AvgIpc) is 3.04. The Balaban J connectivity index is 1.73. The van der Waals surface area contributed by atoms with Crippen LogP contribution in [0.2, 0.25) is 0 Å². The summed E-state index contributed by atoms with van der Waals surface area (Å²) in [5, 5.41) is 15.5. The van der Waals surface area contributed by atoms with Crippen LogP contribution >= 0.6 is 15.9 Å². The van der Waals surface area contributed by atoms with Gasteiger partial charge in [0.2, 0.25) is 5.95 Å². The van der Waals surface area contributed by atoms with E-state index in [1.54, 1.807) is 0 Å². The van der Waals surface area contributed by atoms with Crippen LogP contribution in [0.1, 0.15) is 29.6 Å². The zero-order valence-electron chi connectivity index (χ0n) is 11.7. The first-order valence-electron chi connectivity index (χ1n) is 7.16. The van der Waals surface area contributed by atoms with E-state index in [0.717, 1.165) is 10.9 Å². The molecule has 2 atom stereocenters. The minimum atomic E-state index is 0.129. The SMILES string of the molecule is Brc1ccc([C@@H]2C[C@H](c3ccccc3)Nc3nnnn32)cc1. The number of halogens is 1. The third kappa shape index (κ3) is 2.39. The standard InChI is InChI=1S/C16H14BrN5/c17-13-8-6-12(7-9-13)15-10-14(11-4-2-1-3-5-11)18-16-19-20-21-22(15)16/h1-9,14-15H,10H2,(H,18,19,21)/t14-,15+/m1/s1. The van der Waals surface area contributed by atoms with Gasteiger partial charge in [0.15, 0.2) is 0 Å². The molecule has 0 fully saturated rings. The molecule has 6 heteroatoms. The summed E-state index contributed by atoms with van der Waals surface area (Å²) in [4.78, 5) is 0. The van der Waals surface area contributed by atoms with Crippen molar-refractivity contribution in [2.75, 3.05) is 5.32 Å². The molecule has 2 aromatic carbocycles. The second kappa shape index (κ2) is 5.53. The van der Waals surface area contributed by atoms with Gasteiger partial charge in [0, 0.05) is 4.47 Å². The maximum Gasteiger partial charge on any atom is 0.243 e. The lowest BCUT2D eigenvalue weighted by Gasteiger charge is -2.31. The van der Waals surface area contributed by atoms with Crippen LogP contribution in [0.3, 0.4) is 0 Å². The molecular weight excluding hydrogens is 342 g/mol. The predicted molar refractivity (Wildman–Crippen MR) is 87.5 cm³/mol. The molecule has 4 rings (SSSR count). The van der Waals surface area contributed by atoms with E-state index < -0.39 is 0 Å². The van der Waals surface area contributed by atoms with Crippen LogP contribution in [0.15, 0.2) is 59.1 Å². The molecule has 0 spiro atoms. The van der Waals surface area contributed by atoms with E-state index in [-0.39, 0.29) is 12.1 Å². The first-order valence-corrected chi connectivity index (χ1v) is 7.95. The van der Waals surface area contributed by atoms with E-state index in [0.29, 0.717) is 5.95 Å². The van der Waals surface area contributed by atoms with Gasteiger partial charge < -0.3 is 5.32 Å². The minimum Gasteiger partial charge on any atom is -0.346 e. The van der Waals surface area contributed by atoms with Crippen LogP contribution in [0.25, 0.3) is 0 Å². The fraction of sp³-hybridized carbons (Fsp3) is 0.188. The highest BCUT2D eigenvalue weighted by atomic mass is 79.9. The minimum absolute atomic E-state index is 0.129. The van der Waals surface area contributed by atoms with Gasteiger partial charge in [-0.1, -0.05) is 63.5 Å². The summed E-state index contributed by atoms with van der Waals surface area (Å²) >= 11 is 3.48. The smallest absolute Gasteiger partial charge is 0.243 e. The Bertz CT molecular complexity index is 769. The molecule has 3 aromatic rings. The zero-order valence-corrected chi connectivity index (χ0v) is 13.3. The quantitative estimate of drug-likeness (QED) is 0.763. The van der Waals surface area contributed by atoms with Gasteiger partial charge in [-0.3, -0.25) is 0 Å². The van der Waals surface area contributed by atoms with Gasteiger partial charge in [0.1, 0.15) is 0 Å². The first kappa shape index (κ1) is 13.5. The van der Waals surface area contributed by atoms with Crippen molar-refractivity contribution in [3.05, 3.63) is 70.2 Å². The van der Waals surface area contributed by atoms with Gasteiger partial charge in [-0.15, -0.1) is 0 Å². The zero-order chi connectivity index (χ0) is 14.9. The number of anilines is 1. The molecule has 0 bridgehead atoms. The molecule has 0 saturated carbocycles. The molecule has 1 aliphatic heterocycles. The summed E-state index contributed by atoms with van der Waals surface area (Å²) in [6.07, 6.45) is 0.906. The Morgan fingerprint density at radius 1 is 1.00 bits per heavy atom. The first-order chi connectivity index (χ1) is 10.8. The van der Waals surface area contributed by atoms with E-state index >= 15 is 0 Å². The van der Waals surface area contributed by atoms with E-state index in [2.05, 4.69) is 85.3 Å². The number of fused-ring (bicyclic) bond motifs is 1. The van der Waals surface area contributed by atoms with E-state index in [4.69, 9.17) is 0 Å². The van der Waals surface area contributed by atoms with Crippen molar-refractivity contribution in [3.63, 3.8) is 0 Å². The summed E-state index contributed by atoms with van der Waals surface area (Å²) in [5.41, 5.74) is 2.46. The summed E-state index contributed by atoms with van der Waals surface area (Å²) < 4.78 is 2.93. The number of rotatable bonds is 2. The van der Waals surface area contributed by atoms with Gasteiger partial charge >= 0.3 is 0 Å². The van der Waals surface area contributed by atoms with Gasteiger partial charge in [-0.05, 0) is 40.1 Å². The number of hydrogen-bond acceptors (Lipinski definition) is 4. The fourth-order valence-corrected chi connectivity index (χ4v) is 3.17. The Hall–Kier alpha value is -2.21. The number of hydrogen-bond donors (Lipinski definition) is 1. The maximum absolute atomic E-state index is 4.15. The van der Waals surface area contributed by atoms with Crippen molar-refractivity contribution >= 4 is 21.9 Å². The van der Waals surface area contributed by atoms with Crippen molar-refractivity contribution in [1.29, 1.82) is 0 Å². The molecule has 0 amide bonds. The third-order valence-corrected chi connectivity index (χ3v) is 4.54. The van der Waals surface area contributed by atoms with E-state index in [9.17, 15) is 0 Å². The van der Waals surface area contributed by atoms with Crippen molar-refractivity contribution in [2.45, 2.75) is 18.5 Å². The summed E-state index contributed by atoms with van der Waals surface area (Å²) in [6, 6.07) is 19.1. The predicted octanol–water partition coefficient (Wildman–Crippen LogP) is 3.58. The van der Waals surface area contributed by atoms with Crippen LogP contribution in [0, 0.1) is 0 Å². The molecule has 0 radical (unpaired) electrons. The molecule has 1 aromatic heterocycles. The molecule has 0 unspecified atom stereocenters. The molecule has 0 saturated heterocycles. The van der Waals surface area contributed by atoms with Crippen LogP contribution in [-0.4, -0.2) is 20.2 Å². The van der Waals surface area contributed by atoms with Crippen LogP contribution in [0.4, 0.5) is 5.95 Å². The number of nitrogens with one attached hydrogen (secondary N) is 1. The van der Waals surface area contributed by atoms with Gasteiger partial charge in [0.05, 0.1) is 12.1 Å². The Kier molecular flexibility index (Phi) is 3.38. The fourth-order valence-electron chi connectivity index (χ4n) is 2.90. The molecule has 1 aliphatic rings. The lowest BCUT2D eigenvalue weighted by molar-refractivity contribution is 0.424. The van der Waals surface area contributed by atoms with Gasteiger partial charge in [-0.2, -0.15) is 0 Å². The van der Waals surface area contributed by atoms with Crippen LogP contribution < -0.4 is 5.32 Å². The van der Waals surface area contributed by atoms with Crippen LogP contribution in [-0.2, 0) is 0 Å². The molecular formula is C16H14BrN5. The number of aromatic nitrogens is 4. The number of nitrogens with zero attached hydrogens (tertiary/aromatic N) is 4. The average molecular weight is 356 g/mol. The van der Waals surface area contributed by atoms with Gasteiger partial charge in [0.25, 0.3) is 0 Å². The van der Waals surface area contributed by atoms with Crippen molar-refractivity contribution < 1.29 is 0 Å². The maximum atomic E-state index is 4.15. The summed E-state index contributed by atoms with van der Waals surface area (Å²) in [7, 11) is 0. The topological polar surface area (TPSA) is 55.6 Å². The second-order valence-corrected chi connectivity index (χ2v) is 6.27. The molecule has 22 heavy (non-hydrogen) atoms. The summed E-state index contributed by atoms with van der Waals surface area (Å²) in [5.74, 6) is 0.716.